The molecule has 0 bridgehead atoms. The number of nitrogens with one attached hydrogen (secondary N) is 2. The van der Waals surface area contributed by atoms with Crippen LogP contribution in [-0.2, 0) is 19.1 Å². The first-order chi connectivity index (χ1) is 12.8. The van der Waals surface area contributed by atoms with E-state index in [-0.39, 0.29) is 18.7 Å². The maximum absolute atomic E-state index is 11.8. The maximum Gasteiger partial charge on any atom is 0.306 e. The molecular weight excluding hydrogens is 368 g/mol. The average Bonchev–Trinajstić information content (AvgIpc) is 2.63. The fourth-order valence-electron chi connectivity index (χ4n) is 2.16. The van der Waals surface area contributed by atoms with Crippen molar-refractivity contribution >= 4 is 40.8 Å². The highest BCUT2D eigenvalue weighted by molar-refractivity contribution is 6.31. The quantitative estimate of drug-likeness (QED) is 0.705. The van der Waals surface area contributed by atoms with Gasteiger partial charge in [0.15, 0.2) is 6.61 Å². The van der Waals surface area contributed by atoms with Crippen molar-refractivity contribution in [3.8, 4) is 0 Å². The molecule has 0 radical (unpaired) electrons. The lowest BCUT2D eigenvalue weighted by Crippen LogP contribution is -2.21. The fourth-order valence-corrected chi connectivity index (χ4v) is 2.34. The van der Waals surface area contributed by atoms with Crippen LogP contribution in [0.4, 0.5) is 11.4 Å². The van der Waals surface area contributed by atoms with E-state index in [1.807, 2.05) is 26.0 Å². The van der Waals surface area contributed by atoms with Gasteiger partial charge in [0.1, 0.15) is 0 Å². The van der Waals surface area contributed by atoms with E-state index < -0.39 is 18.5 Å². The zero-order valence-corrected chi connectivity index (χ0v) is 15.9. The monoisotopic (exact) mass is 388 g/mol. The van der Waals surface area contributed by atoms with Crippen molar-refractivity contribution in [1.29, 1.82) is 0 Å². The molecule has 0 aliphatic heterocycles. The van der Waals surface area contributed by atoms with Crippen LogP contribution >= 0.6 is 11.6 Å². The first-order valence-corrected chi connectivity index (χ1v) is 8.79. The lowest BCUT2D eigenvalue weighted by molar-refractivity contribution is -0.147. The van der Waals surface area contributed by atoms with Crippen LogP contribution < -0.4 is 10.6 Å². The first-order valence-electron chi connectivity index (χ1n) is 8.41. The Morgan fingerprint density at radius 3 is 2.19 bits per heavy atom. The van der Waals surface area contributed by atoms with Gasteiger partial charge in [-0.05, 0) is 43.7 Å². The van der Waals surface area contributed by atoms with E-state index in [1.165, 1.54) is 0 Å². The van der Waals surface area contributed by atoms with Gasteiger partial charge >= 0.3 is 5.97 Å². The molecule has 0 unspecified atom stereocenters. The summed E-state index contributed by atoms with van der Waals surface area (Å²) in [6.07, 6.45) is -0.136. The predicted molar refractivity (Wildman–Crippen MR) is 105 cm³/mol. The Bertz CT molecular complexity index is 834. The van der Waals surface area contributed by atoms with Gasteiger partial charge in [0, 0.05) is 22.8 Å². The fraction of sp³-hybridized carbons (Fsp3) is 0.250. The second-order valence-electron chi connectivity index (χ2n) is 6.09. The molecule has 6 nitrogen and oxygen atoms in total. The highest BCUT2D eigenvalue weighted by Crippen LogP contribution is 2.19. The minimum absolute atomic E-state index is 0.0259. The third-order valence-electron chi connectivity index (χ3n) is 3.71. The Morgan fingerprint density at radius 1 is 0.889 bits per heavy atom. The molecule has 7 heteroatoms. The van der Waals surface area contributed by atoms with Gasteiger partial charge < -0.3 is 15.4 Å². The molecule has 0 aliphatic carbocycles. The summed E-state index contributed by atoms with van der Waals surface area (Å²) >= 11 is 5.99. The molecule has 0 saturated carbocycles. The Balaban J connectivity index is 1.69. The minimum atomic E-state index is -0.619. The van der Waals surface area contributed by atoms with Crippen molar-refractivity contribution in [3.05, 3.63) is 58.6 Å². The van der Waals surface area contributed by atoms with Crippen LogP contribution in [0.15, 0.2) is 42.5 Å². The molecule has 0 fully saturated rings. The Morgan fingerprint density at radius 2 is 1.52 bits per heavy atom. The molecule has 2 amide bonds. The van der Waals surface area contributed by atoms with Crippen molar-refractivity contribution in [1.82, 2.24) is 0 Å². The highest BCUT2D eigenvalue weighted by atomic mass is 35.5. The van der Waals surface area contributed by atoms with Gasteiger partial charge in [0.2, 0.25) is 5.91 Å². The zero-order valence-electron chi connectivity index (χ0n) is 15.2. The molecule has 0 aliphatic rings. The van der Waals surface area contributed by atoms with Crippen LogP contribution in [0.3, 0.4) is 0 Å². The van der Waals surface area contributed by atoms with Gasteiger partial charge in [-0.3, -0.25) is 14.4 Å². The molecule has 2 N–H and O–H groups in total. The van der Waals surface area contributed by atoms with E-state index in [0.717, 1.165) is 11.1 Å². The van der Waals surface area contributed by atoms with Gasteiger partial charge in [-0.15, -0.1) is 0 Å². The number of rotatable bonds is 7. The highest BCUT2D eigenvalue weighted by Gasteiger charge is 2.11. The summed E-state index contributed by atoms with van der Waals surface area (Å²) in [6.45, 7) is 3.37. The molecular formula is C20H21ClN2O4. The van der Waals surface area contributed by atoms with Gasteiger partial charge in [0.25, 0.3) is 5.91 Å². The van der Waals surface area contributed by atoms with E-state index in [1.54, 1.807) is 30.3 Å². The molecule has 2 rings (SSSR count). The number of benzene rings is 2. The third kappa shape index (κ3) is 7.11. The number of ether oxygens (including phenoxy) is 1. The Hall–Kier alpha value is -2.86. The summed E-state index contributed by atoms with van der Waals surface area (Å²) < 4.78 is 4.88. The molecule has 27 heavy (non-hydrogen) atoms. The van der Waals surface area contributed by atoms with Crippen LogP contribution in [0.5, 0.6) is 0 Å². The number of aryl methyl sites for hydroxylation is 2. The normalized spacial score (nSPS) is 10.2. The van der Waals surface area contributed by atoms with Crippen LogP contribution in [-0.4, -0.2) is 24.4 Å². The van der Waals surface area contributed by atoms with Crippen molar-refractivity contribution in [2.75, 3.05) is 17.2 Å². The summed E-state index contributed by atoms with van der Waals surface area (Å²) in [5, 5.41) is 5.81. The second kappa shape index (κ2) is 9.73. The molecule has 0 aromatic heterocycles. The molecule has 2 aromatic rings. The molecule has 0 heterocycles. The van der Waals surface area contributed by atoms with Crippen LogP contribution in [0.2, 0.25) is 5.02 Å². The number of halogens is 1. The number of anilines is 2. The van der Waals surface area contributed by atoms with Gasteiger partial charge in [-0.25, -0.2) is 0 Å². The Kier molecular flexibility index (Phi) is 7.37. The zero-order chi connectivity index (χ0) is 19.8. The van der Waals surface area contributed by atoms with Gasteiger partial charge in [0.05, 0.1) is 6.42 Å². The Labute approximate surface area is 162 Å². The summed E-state index contributed by atoms with van der Waals surface area (Å²) in [7, 11) is 0. The second-order valence-corrected chi connectivity index (χ2v) is 6.49. The lowest BCUT2D eigenvalue weighted by Gasteiger charge is -2.08. The molecule has 0 spiro atoms. The number of amides is 2. The van der Waals surface area contributed by atoms with Gasteiger partial charge in [-0.2, -0.15) is 0 Å². The number of hydrogen-bond donors (Lipinski definition) is 2. The maximum atomic E-state index is 11.8. The van der Waals surface area contributed by atoms with E-state index >= 15 is 0 Å². The van der Waals surface area contributed by atoms with Crippen molar-refractivity contribution in [3.63, 3.8) is 0 Å². The SMILES string of the molecule is Cc1ccc(NC(=O)CCC(=O)OCC(=O)Nc2ccc(C)c(Cl)c2)cc1. The molecule has 0 atom stereocenters. The standard InChI is InChI=1S/C20H21ClN2O4/c1-13-3-6-15(7-4-13)22-18(24)9-10-20(26)27-12-19(25)23-16-8-5-14(2)17(21)11-16/h3-8,11H,9-10,12H2,1-2H3,(H,22,24)(H,23,25). The van der Waals surface area contributed by atoms with Crippen LogP contribution in [0.1, 0.15) is 24.0 Å². The van der Waals surface area contributed by atoms with Crippen molar-refractivity contribution < 1.29 is 19.1 Å². The van der Waals surface area contributed by atoms with Crippen molar-refractivity contribution in [2.45, 2.75) is 26.7 Å². The van der Waals surface area contributed by atoms with Crippen molar-refractivity contribution in [2.24, 2.45) is 0 Å². The minimum Gasteiger partial charge on any atom is -0.456 e. The van der Waals surface area contributed by atoms with Gasteiger partial charge in [-0.1, -0.05) is 35.4 Å². The number of carbonyl (C=O) groups is 3. The number of carbonyl (C=O) groups excluding carboxylic acids is 3. The number of esters is 1. The van der Waals surface area contributed by atoms with E-state index in [9.17, 15) is 14.4 Å². The molecule has 0 saturated heterocycles. The van der Waals surface area contributed by atoms with E-state index in [0.29, 0.717) is 16.4 Å². The summed E-state index contributed by atoms with van der Waals surface area (Å²) in [5.74, 6) is -1.40. The largest absolute Gasteiger partial charge is 0.456 e. The number of hydrogen-bond acceptors (Lipinski definition) is 4. The topological polar surface area (TPSA) is 84.5 Å². The summed E-state index contributed by atoms with van der Waals surface area (Å²) in [5.41, 5.74) is 3.16. The predicted octanol–water partition coefficient (Wildman–Crippen LogP) is 3.86. The molecule has 142 valence electrons. The smallest absolute Gasteiger partial charge is 0.306 e. The van der Waals surface area contributed by atoms with E-state index in [4.69, 9.17) is 16.3 Å². The van der Waals surface area contributed by atoms with E-state index in [2.05, 4.69) is 10.6 Å². The summed E-state index contributed by atoms with van der Waals surface area (Å²) in [6, 6.07) is 12.4. The average molecular weight is 389 g/mol. The molecule has 2 aromatic carbocycles. The third-order valence-corrected chi connectivity index (χ3v) is 4.12. The summed E-state index contributed by atoms with van der Waals surface area (Å²) in [4.78, 5) is 35.3. The lowest BCUT2D eigenvalue weighted by atomic mass is 10.2. The van der Waals surface area contributed by atoms with Crippen LogP contribution in [0.25, 0.3) is 0 Å². The van der Waals surface area contributed by atoms with Crippen LogP contribution in [0, 0.1) is 13.8 Å². The first kappa shape index (κ1) is 20.5.